The molecule has 1 amide bonds. The van der Waals surface area contributed by atoms with Crippen LogP contribution < -0.4 is 11.1 Å². The minimum atomic E-state index is -4.19. The molecule has 146 valence electrons. The molecule has 0 spiro atoms. The lowest BCUT2D eigenvalue weighted by molar-refractivity contribution is -0.226. The first kappa shape index (κ1) is 20.8. The van der Waals surface area contributed by atoms with Crippen LogP contribution in [0.3, 0.4) is 0 Å². The molecule has 5 atom stereocenters. The van der Waals surface area contributed by atoms with E-state index in [2.05, 4.69) is 5.32 Å². The monoisotopic (exact) mass is 384 g/mol. The Balaban J connectivity index is 0.00000225. The van der Waals surface area contributed by atoms with Crippen molar-refractivity contribution in [2.24, 2.45) is 23.0 Å². The number of carbonyl (C=O) groups excluding carboxylic acids is 1. The molecule has 5 unspecified atom stereocenters. The van der Waals surface area contributed by atoms with Crippen LogP contribution in [-0.4, -0.2) is 36.4 Å². The molecular formula is C17H28ClF3N2O2. The van der Waals surface area contributed by atoms with E-state index in [-0.39, 0.29) is 43.2 Å². The van der Waals surface area contributed by atoms with Crippen LogP contribution in [-0.2, 0) is 9.53 Å². The third-order valence-corrected chi connectivity index (χ3v) is 6.53. The number of rotatable bonds is 2. The molecule has 0 radical (unpaired) electrons. The normalized spacial score (nSPS) is 40.2. The maximum Gasteiger partial charge on any atom is 0.391 e. The molecule has 0 aromatic rings. The average molecular weight is 385 g/mol. The Morgan fingerprint density at radius 1 is 1.20 bits per heavy atom. The first-order valence-electron chi connectivity index (χ1n) is 8.86. The van der Waals surface area contributed by atoms with Gasteiger partial charge in [-0.1, -0.05) is 20.3 Å². The van der Waals surface area contributed by atoms with Gasteiger partial charge in [-0.2, -0.15) is 13.2 Å². The highest BCUT2D eigenvalue weighted by Crippen LogP contribution is 2.57. The minimum absolute atomic E-state index is 0. The Morgan fingerprint density at radius 2 is 1.88 bits per heavy atom. The van der Waals surface area contributed by atoms with Crippen LogP contribution >= 0.6 is 12.4 Å². The molecule has 3 N–H and O–H groups in total. The summed E-state index contributed by atoms with van der Waals surface area (Å²) >= 11 is 0. The second-order valence-electron chi connectivity index (χ2n) is 8.21. The minimum Gasteiger partial charge on any atom is -0.377 e. The van der Waals surface area contributed by atoms with Gasteiger partial charge in [-0.3, -0.25) is 4.79 Å². The van der Waals surface area contributed by atoms with Crippen molar-refractivity contribution in [1.82, 2.24) is 5.32 Å². The van der Waals surface area contributed by atoms with E-state index < -0.39 is 29.1 Å². The van der Waals surface area contributed by atoms with Crippen molar-refractivity contribution in [3.8, 4) is 0 Å². The van der Waals surface area contributed by atoms with Gasteiger partial charge in [-0.25, -0.2) is 0 Å². The number of fused-ring (bicyclic) bond motifs is 1. The van der Waals surface area contributed by atoms with Crippen molar-refractivity contribution < 1.29 is 22.7 Å². The van der Waals surface area contributed by atoms with E-state index in [0.29, 0.717) is 19.4 Å². The van der Waals surface area contributed by atoms with Crippen LogP contribution in [0.5, 0.6) is 0 Å². The van der Waals surface area contributed by atoms with Gasteiger partial charge in [-0.05, 0) is 32.1 Å². The fourth-order valence-corrected chi connectivity index (χ4v) is 4.96. The van der Waals surface area contributed by atoms with Crippen LogP contribution in [0.1, 0.15) is 52.4 Å². The Kier molecular flexibility index (Phi) is 5.73. The van der Waals surface area contributed by atoms with Crippen LogP contribution in [0.15, 0.2) is 0 Å². The highest BCUT2D eigenvalue weighted by atomic mass is 35.5. The number of ether oxygens (including phenoxy) is 1. The Hall–Kier alpha value is -0.530. The van der Waals surface area contributed by atoms with Gasteiger partial charge < -0.3 is 15.8 Å². The zero-order valence-electron chi connectivity index (χ0n) is 14.7. The number of nitrogens with one attached hydrogen (secondary N) is 1. The molecule has 2 aliphatic carbocycles. The summed E-state index contributed by atoms with van der Waals surface area (Å²) in [5.41, 5.74) is 4.92. The molecule has 3 fully saturated rings. The van der Waals surface area contributed by atoms with Crippen molar-refractivity contribution >= 4 is 18.3 Å². The molecule has 25 heavy (non-hydrogen) atoms. The predicted molar refractivity (Wildman–Crippen MR) is 90.4 cm³/mol. The molecule has 0 bridgehead atoms. The molecule has 3 rings (SSSR count). The van der Waals surface area contributed by atoms with Gasteiger partial charge >= 0.3 is 6.18 Å². The fourth-order valence-electron chi connectivity index (χ4n) is 4.96. The Labute approximate surface area is 152 Å². The summed E-state index contributed by atoms with van der Waals surface area (Å²) in [6.45, 7) is 4.51. The van der Waals surface area contributed by atoms with Crippen molar-refractivity contribution in [3.63, 3.8) is 0 Å². The quantitative estimate of drug-likeness (QED) is 0.768. The first-order valence-corrected chi connectivity index (χ1v) is 8.86. The number of carbonyl (C=O) groups is 1. The van der Waals surface area contributed by atoms with E-state index in [0.717, 1.165) is 12.8 Å². The molecule has 1 heterocycles. The van der Waals surface area contributed by atoms with E-state index in [1.165, 1.54) is 0 Å². The molecule has 4 nitrogen and oxygen atoms in total. The maximum atomic E-state index is 13.0. The fraction of sp³-hybridized carbons (Fsp3) is 0.941. The molecule has 8 heteroatoms. The summed E-state index contributed by atoms with van der Waals surface area (Å²) in [6.07, 6.45) is -1.38. The lowest BCUT2D eigenvalue weighted by atomic mass is 9.46. The number of alkyl halides is 3. The number of hydrogen-bond acceptors (Lipinski definition) is 3. The zero-order valence-corrected chi connectivity index (χ0v) is 15.5. The summed E-state index contributed by atoms with van der Waals surface area (Å²) < 4.78 is 44.6. The van der Waals surface area contributed by atoms with Gasteiger partial charge in [0.05, 0.1) is 12.0 Å². The van der Waals surface area contributed by atoms with Crippen molar-refractivity contribution in [3.05, 3.63) is 0 Å². The predicted octanol–water partition coefficient (Wildman–Crippen LogP) is 3.18. The highest BCUT2D eigenvalue weighted by molar-refractivity contribution is 5.89. The molecule has 3 aliphatic rings. The third-order valence-electron chi connectivity index (χ3n) is 6.53. The molecule has 0 aromatic carbocycles. The van der Waals surface area contributed by atoms with E-state index in [1.807, 2.05) is 13.8 Å². The second-order valence-corrected chi connectivity index (χ2v) is 8.21. The highest BCUT2D eigenvalue weighted by Gasteiger charge is 2.70. The number of amides is 1. The summed E-state index contributed by atoms with van der Waals surface area (Å²) in [7, 11) is 0. The standard InChI is InChI=1S/C17H27F3N2O2.ClH/c1-15(2)13-12(7-4-8-24-13)16(15,21)14(23)22-11-6-3-5-10(9-11)17(18,19)20;/h10-13H,3-9,21H2,1-2H3,(H,22,23);1H. The molecule has 1 saturated heterocycles. The van der Waals surface area contributed by atoms with Gasteiger partial charge in [0.1, 0.15) is 5.54 Å². The maximum absolute atomic E-state index is 13.0. The number of halogens is 4. The first-order chi connectivity index (χ1) is 11.1. The van der Waals surface area contributed by atoms with Crippen LogP contribution in [0.25, 0.3) is 0 Å². The zero-order chi connectivity index (χ0) is 17.8. The Bertz CT molecular complexity index is 515. The van der Waals surface area contributed by atoms with Gasteiger partial charge in [0.25, 0.3) is 0 Å². The van der Waals surface area contributed by atoms with E-state index in [1.54, 1.807) is 0 Å². The Morgan fingerprint density at radius 3 is 2.52 bits per heavy atom. The van der Waals surface area contributed by atoms with Gasteiger partial charge in [0, 0.05) is 24.0 Å². The van der Waals surface area contributed by atoms with E-state index >= 15 is 0 Å². The van der Waals surface area contributed by atoms with Crippen molar-refractivity contribution in [2.75, 3.05) is 6.61 Å². The molecule has 2 saturated carbocycles. The molecular weight excluding hydrogens is 357 g/mol. The number of hydrogen-bond donors (Lipinski definition) is 2. The SMILES string of the molecule is CC1(C)C2OCCCC2C1(N)C(=O)NC1CCCC(C(F)(F)F)C1.Cl. The smallest absolute Gasteiger partial charge is 0.377 e. The molecule has 1 aliphatic heterocycles. The second kappa shape index (κ2) is 6.89. The largest absolute Gasteiger partial charge is 0.391 e. The topological polar surface area (TPSA) is 64.3 Å². The van der Waals surface area contributed by atoms with E-state index in [4.69, 9.17) is 10.5 Å². The summed E-state index contributed by atoms with van der Waals surface area (Å²) in [5, 5.41) is 2.83. The van der Waals surface area contributed by atoms with Crippen LogP contribution in [0.4, 0.5) is 13.2 Å². The van der Waals surface area contributed by atoms with Crippen LogP contribution in [0, 0.1) is 17.3 Å². The summed E-state index contributed by atoms with van der Waals surface area (Å²) in [5.74, 6) is -1.69. The van der Waals surface area contributed by atoms with Gasteiger partial charge in [0.15, 0.2) is 0 Å². The summed E-state index contributed by atoms with van der Waals surface area (Å²) in [6, 6.07) is -0.447. The van der Waals surface area contributed by atoms with Crippen molar-refractivity contribution in [1.29, 1.82) is 0 Å². The average Bonchev–Trinajstić information content (AvgIpc) is 2.53. The third kappa shape index (κ3) is 3.28. The lowest BCUT2D eigenvalue weighted by Gasteiger charge is -2.65. The van der Waals surface area contributed by atoms with Crippen molar-refractivity contribution in [2.45, 2.75) is 76.2 Å². The lowest BCUT2D eigenvalue weighted by Crippen LogP contribution is -2.82. The van der Waals surface area contributed by atoms with Gasteiger partial charge in [0.2, 0.25) is 5.91 Å². The molecule has 0 aromatic heterocycles. The van der Waals surface area contributed by atoms with Crippen LogP contribution in [0.2, 0.25) is 0 Å². The number of nitrogens with two attached hydrogens (primary N) is 1. The van der Waals surface area contributed by atoms with E-state index in [9.17, 15) is 18.0 Å². The summed E-state index contributed by atoms with van der Waals surface area (Å²) in [4.78, 5) is 12.9. The van der Waals surface area contributed by atoms with Gasteiger partial charge in [-0.15, -0.1) is 12.4 Å².